The Labute approximate surface area is 126 Å². The van der Waals surface area contributed by atoms with E-state index in [2.05, 4.69) is 0 Å². The highest BCUT2D eigenvalue weighted by Crippen LogP contribution is 2.33. The lowest BCUT2D eigenvalue weighted by molar-refractivity contribution is 0.155. The summed E-state index contributed by atoms with van der Waals surface area (Å²) in [6.45, 7) is 6.73. The van der Waals surface area contributed by atoms with E-state index in [4.69, 9.17) is 17.3 Å². The van der Waals surface area contributed by atoms with Crippen molar-refractivity contribution in [1.29, 1.82) is 0 Å². The van der Waals surface area contributed by atoms with Crippen LogP contribution in [0.15, 0.2) is 23.1 Å². The van der Waals surface area contributed by atoms with Gasteiger partial charge in [0, 0.05) is 19.1 Å². The number of hydrogen-bond acceptors (Lipinski definition) is 3. The Morgan fingerprint density at radius 1 is 1.40 bits per heavy atom. The summed E-state index contributed by atoms with van der Waals surface area (Å²) in [6, 6.07) is 5.03. The normalized spacial score (nSPS) is 23.8. The Balaban J connectivity index is 2.36. The summed E-state index contributed by atoms with van der Waals surface area (Å²) in [6.07, 6.45) is 0.662. The van der Waals surface area contributed by atoms with Gasteiger partial charge in [0.2, 0.25) is 10.0 Å². The summed E-state index contributed by atoms with van der Waals surface area (Å²) in [5, 5.41) is 0.276. The van der Waals surface area contributed by atoms with E-state index in [1.807, 2.05) is 20.8 Å². The van der Waals surface area contributed by atoms with Crippen LogP contribution in [-0.4, -0.2) is 31.9 Å². The average molecular weight is 317 g/mol. The fraction of sp³-hybridized carbons (Fsp3) is 0.571. The van der Waals surface area contributed by atoms with Gasteiger partial charge in [0.05, 0.1) is 5.02 Å². The van der Waals surface area contributed by atoms with Crippen LogP contribution in [0.2, 0.25) is 5.02 Å². The molecule has 1 aromatic rings. The number of benzene rings is 1. The topological polar surface area (TPSA) is 63.4 Å². The number of halogens is 1. The number of rotatable bonds is 2. The number of nitrogens with zero attached hydrogens (tertiary/aromatic N) is 1. The minimum Gasteiger partial charge on any atom is -0.327 e. The van der Waals surface area contributed by atoms with Crippen molar-refractivity contribution in [3.8, 4) is 0 Å². The molecule has 1 heterocycles. The first-order valence-electron chi connectivity index (χ1n) is 6.66. The Kier molecular flexibility index (Phi) is 4.17. The summed E-state index contributed by atoms with van der Waals surface area (Å²) in [5.74, 6) is 0. The Bertz CT molecular complexity index is 614. The molecule has 6 heteroatoms. The second-order valence-electron chi connectivity index (χ2n) is 6.16. The maximum Gasteiger partial charge on any atom is 0.244 e. The number of hydrogen-bond donors (Lipinski definition) is 1. The second kappa shape index (κ2) is 5.30. The van der Waals surface area contributed by atoms with E-state index in [1.54, 1.807) is 18.2 Å². The molecule has 1 saturated heterocycles. The van der Waals surface area contributed by atoms with Gasteiger partial charge >= 0.3 is 0 Å². The summed E-state index contributed by atoms with van der Waals surface area (Å²) in [4.78, 5) is 0.177. The highest BCUT2D eigenvalue weighted by Gasteiger charge is 2.39. The molecule has 1 fully saturated rings. The molecular formula is C14H21ClN2O2S. The maximum atomic E-state index is 12.7. The smallest absolute Gasteiger partial charge is 0.244 e. The molecule has 20 heavy (non-hydrogen) atoms. The van der Waals surface area contributed by atoms with E-state index >= 15 is 0 Å². The molecule has 112 valence electrons. The monoisotopic (exact) mass is 316 g/mol. The van der Waals surface area contributed by atoms with E-state index < -0.39 is 10.0 Å². The van der Waals surface area contributed by atoms with Crippen molar-refractivity contribution in [2.45, 2.75) is 38.1 Å². The van der Waals surface area contributed by atoms with Crippen molar-refractivity contribution < 1.29 is 8.42 Å². The van der Waals surface area contributed by atoms with Gasteiger partial charge in [-0.2, -0.15) is 4.31 Å². The summed E-state index contributed by atoms with van der Waals surface area (Å²) < 4.78 is 26.9. The molecule has 4 nitrogen and oxygen atoms in total. The first-order valence-corrected chi connectivity index (χ1v) is 8.48. The molecule has 1 atom stereocenters. The molecule has 1 aliphatic heterocycles. The van der Waals surface area contributed by atoms with Crippen LogP contribution in [0.1, 0.15) is 25.8 Å². The van der Waals surface area contributed by atoms with Crippen LogP contribution in [0.3, 0.4) is 0 Å². The zero-order valence-corrected chi connectivity index (χ0v) is 13.6. The minimum absolute atomic E-state index is 0.0161. The molecule has 0 spiro atoms. The van der Waals surface area contributed by atoms with Gasteiger partial charge in [-0.3, -0.25) is 0 Å². The fourth-order valence-electron chi connectivity index (χ4n) is 2.48. The van der Waals surface area contributed by atoms with Gasteiger partial charge in [0.15, 0.2) is 0 Å². The van der Waals surface area contributed by atoms with Crippen LogP contribution in [0.5, 0.6) is 0 Å². The predicted molar refractivity (Wildman–Crippen MR) is 81.3 cm³/mol. The molecule has 2 rings (SSSR count). The van der Waals surface area contributed by atoms with Crippen LogP contribution in [0, 0.1) is 12.3 Å². The van der Waals surface area contributed by atoms with Crippen LogP contribution in [0.4, 0.5) is 0 Å². The third kappa shape index (κ3) is 2.86. The summed E-state index contributed by atoms with van der Waals surface area (Å²) in [7, 11) is -3.56. The maximum absolute atomic E-state index is 12.7. The SMILES string of the molecule is Cc1ccc(S(=O)(=O)N2CCC(N)C(C)(C)C2)c(Cl)c1. The Morgan fingerprint density at radius 2 is 2.05 bits per heavy atom. The van der Waals surface area contributed by atoms with Gasteiger partial charge in [-0.05, 0) is 36.5 Å². The van der Waals surface area contributed by atoms with E-state index in [-0.39, 0.29) is 21.4 Å². The van der Waals surface area contributed by atoms with Gasteiger partial charge in [-0.15, -0.1) is 0 Å². The first kappa shape index (κ1) is 15.8. The second-order valence-corrected chi connectivity index (χ2v) is 8.47. The van der Waals surface area contributed by atoms with Gasteiger partial charge in [0.1, 0.15) is 4.90 Å². The molecule has 0 amide bonds. The highest BCUT2D eigenvalue weighted by atomic mass is 35.5. The molecule has 1 unspecified atom stereocenters. The van der Waals surface area contributed by atoms with E-state index in [0.29, 0.717) is 19.5 Å². The number of sulfonamides is 1. The Morgan fingerprint density at radius 3 is 2.60 bits per heavy atom. The van der Waals surface area contributed by atoms with E-state index in [1.165, 1.54) is 4.31 Å². The van der Waals surface area contributed by atoms with Crippen molar-refractivity contribution in [3.05, 3.63) is 28.8 Å². The Hall–Kier alpha value is -0.620. The van der Waals surface area contributed by atoms with Crippen LogP contribution < -0.4 is 5.73 Å². The summed E-state index contributed by atoms with van der Waals surface area (Å²) >= 11 is 6.10. The minimum atomic E-state index is -3.56. The molecule has 0 aromatic heterocycles. The van der Waals surface area contributed by atoms with Crippen LogP contribution in [-0.2, 0) is 10.0 Å². The van der Waals surface area contributed by atoms with E-state index in [9.17, 15) is 8.42 Å². The van der Waals surface area contributed by atoms with E-state index in [0.717, 1.165) is 5.56 Å². The molecule has 1 aliphatic rings. The lowest BCUT2D eigenvalue weighted by Gasteiger charge is -2.41. The molecule has 0 aliphatic carbocycles. The molecular weight excluding hydrogens is 296 g/mol. The quantitative estimate of drug-likeness (QED) is 0.911. The number of aryl methyl sites for hydroxylation is 1. The van der Waals surface area contributed by atoms with Crippen molar-refractivity contribution in [3.63, 3.8) is 0 Å². The fourth-order valence-corrected chi connectivity index (χ4v) is 4.68. The van der Waals surface area contributed by atoms with Crippen LogP contribution in [0.25, 0.3) is 0 Å². The van der Waals surface area contributed by atoms with Crippen molar-refractivity contribution in [2.75, 3.05) is 13.1 Å². The van der Waals surface area contributed by atoms with Crippen molar-refractivity contribution in [1.82, 2.24) is 4.31 Å². The van der Waals surface area contributed by atoms with Gasteiger partial charge < -0.3 is 5.73 Å². The molecule has 0 radical (unpaired) electrons. The molecule has 1 aromatic carbocycles. The first-order chi connectivity index (χ1) is 9.14. The highest BCUT2D eigenvalue weighted by molar-refractivity contribution is 7.89. The molecule has 0 saturated carbocycles. The van der Waals surface area contributed by atoms with Crippen molar-refractivity contribution in [2.24, 2.45) is 11.1 Å². The summed E-state index contributed by atoms with van der Waals surface area (Å²) in [5.41, 5.74) is 6.77. The number of nitrogens with two attached hydrogens (primary N) is 1. The van der Waals surface area contributed by atoms with Gasteiger partial charge in [0.25, 0.3) is 0 Å². The third-order valence-electron chi connectivity index (χ3n) is 3.98. The zero-order chi connectivity index (χ0) is 15.1. The lowest BCUT2D eigenvalue weighted by Crippen LogP contribution is -2.53. The van der Waals surface area contributed by atoms with Gasteiger partial charge in [-0.25, -0.2) is 8.42 Å². The molecule has 0 bridgehead atoms. The predicted octanol–water partition coefficient (Wildman–Crippen LogP) is 2.40. The lowest BCUT2D eigenvalue weighted by atomic mass is 9.81. The number of piperidine rings is 1. The standard InChI is InChI=1S/C14H21ClN2O2S/c1-10-4-5-12(11(15)8-10)20(18,19)17-7-6-13(16)14(2,3)9-17/h4-5,8,13H,6-7,9,16H2,1-3H3. The van der Waals surface area contributed by atoms with Gasteiger partial charge in [-0.1, -0.05) is 31.5 Å². The molecule has 2 N–H and O–H groups in total. The van der Waals surface area contributed by atoms with Crippen molar-refractivity contribution >= 4 is 21.6 Å². The average Bonchev–Trinajstić information content (AvgIpc) is 2.31. The third-order valence-corrected chi connectivity index (χ3v) is 6.31. The zero-order valence-electron chi connectivity index (χ0n) is 12.1. The van der Waals surface area contributed by atoms with Crippen LogP contribution >= 0.6 is 11.6 Å². The largest absolute Gasteiger partial charge is 0.327 e.